The lowest BCUT2D eigenvalue weighted by atomic mass is 9.82. The lowest BCUT2D eigenvalue weighted by Crippen LogP contribution is -2.70. The van der Waals surface area contributed by atoms with E-state index < -0.39 is 41.3 Å². The largest absolute Gasteiger partial charge is 0.415 e. The molecule has 2 rings (SSSR count). The third-order valence-electron chi connectivity index (χ3n) is 3.76. The van der Waals surface area contributed by atoms with Gasteiger partial charge in [-0.1, -0.05) is 0 Å². The number of fused-ring (bicyclic) bond motifs is 2. The number of ether oxygens (including phenoxy) is 1. The van der Waals surface area contributed by atoms with E-state index in [1.54, 1.807) is 5.32 Å². The van der Waals surface area contributed by atoms with Gasteiger partial charge in [0.1, 0.15) is 0 Å². The molecule has 106 valence electrons. The third kappa shape index (κ3) is 1.58. The van der Waals surface area contributed by atoms with E-state index in [1.807, 2.05) is 0 Å². The number of piperidine rings is 1. The van der Waals surface area contributed by atoms with Crippen LogP contribution in [0.5, 0.6) is 0 Å². The van der Waals surface area contributed by atoms with Crippen LogP contribution in [0.25, 0.3) is 0 Å². The van der Waals surface area contributed by atoms with Crippen molar-refractivity contribution in [2.75, 3.05) is 7.11 Å². The molecule has 0 aromatic rings. The van der Waals surface area contributed by atoms with Crippen LogP contribution in [0, 0.1) is 5.92 Å². The highest BCUT2D eigenvalue weighted by molar-refractivity contribution is 6.22. The maximum atomic E-state index is 12.9. The van der Waals surface area contributed by atoms with Crippen molar-refractivity contribution in [2.45, 2.75) is 41.8 Å². The first-order valence-electron chi connectivity index (χ1n) is 5.14. The van der Waals surface area contributed by atoms with Crippen LogP contribution in [0.15, 0.2) is 0 Å². The highest BCUT2D eigenvalue weighted by atomic mass is 35.5. The van der Waals surface area contributed by atoms with Gasteiger partial charge < -0.3 is 4.74 Å². The lowest BCUT2D eigenvalue weighted by molar-refractivity contribution is -0.321. The van der Waals surface area contributed by atoms with Crippen LogP contribution in [0.4, 0.5) is 26.3 Å². The average molecular weight is 298 g/mol. The average Bonchev–Trinajstić information content (AvgIpc) is 2.67. The molecule has 0 unspecified atom stereocenters. The summed E-state index contributed by atoms with van der Waals surface area (Å²) in [4.78, 5) is 0. The van der Waals surface area contributed by atoms with Crippen LogP contribution in [0.1, 0.15) is 6.42 Å². The van der Waals surface area contributed by atoms with Crippen LogP contribution in [-0.2, 0) is 4.74 Å². The van der Waals surface area contributed by atoms with Gasteiger partial charge in [-0.25, -0.2) is 0 Å². The molecule has 1 N–H and O–H groups in total. The summed E-state index contributed by atoms with van der Waals surface area (Å²) in [7, 11) is 1.24. The molecular weight excluding hydrogens is 288 g/mol. The molecule has 9 heteroatoms. The number of hydrogen-bond donors (Lipinski definition) is 1. The Hall–Kier alpha value is -0.210. The molecule has 1 aliphatic carbocycles. The Morgan fingerprint density at radius 3 is 1.94 bits per heavy atom. The molecule has 4 atom stereocenters. The van der Waals surface area contributed by atoms with Crippen LogP contribution in [-0.4, -0.2) is 42.5 Å². The summed E-state index contributed by atoms with van der Waals surface area (Å²) in [6.07, 6.45) is -12.0. The topological polar surface area (TPSA) is 21.3 Å². The first-order valence-corrected chi connectivity index (χ1v) is 5.58. The second-order valence-corrected chi connectivity index (χ2v) is 5.04. The second-order valence-electron chi connectivity index (χ2n) is 4.53. The summed E-state index contributed by atoms with van der Waals surface area (Å²) in [5.41, 5.74) is -3.92. The molecule has 2 aliphatic rings. The Balaban J connectivity index is 2.44. The molecule has 1 aliphatic heterocycles. The molecule has 0 aromatic heterocycles. The van der Waals surface area contributed by atoms with E-state index >= 15 is 0 Å². The van der Waals surface area contributed by atoms with Gasteiger partial charge in [0.05, 0.1) is 17.5 Å². The van der Waals surface area contributed by atoms with E-state index in [-0.39, 0.29) is 6.42 Å². The van der Waals surface area contributed by atoms with Gasteiger partial charge in [-0.2, -0.15) is 26.3 Å². The third-order valence-corrected chi connectivity index (χ3v) is 4.34. The van der Waals surface area contributed by atoms with Crippen molar-refractivity contribution in [2.24, 2.45) is 5.92 Å². The Labute approximate surface area is 104 Å². The van der Waals surface area contributed by atoms with E-state index in [0.29, 0.717) is 0 Å². The molecule has 1 saturated carbocycles. The van der Waals surface area contributed by atoms with Gasteiger partial charge in [-0.3, -0.25) is 5.32 Å². The fourth-order valence-corrected chi connectivity index (χ4v) is 3.45. The molecule has 2 fully saturated rings. The Bertz CT molecular complexity index is 329. The molecule has 1 heterocycles. The summed E-state index contributed by atoms with van der Waals surface area (Å²) in [5, 5.41) is 0.376. The minimum atomic E-state index is -5.45. The zero-order valence-corrected chi connectivity index (χ0v) is 9.83. The number of methoxy groups -OCH3 is 1. The van der Waals surface area contributed by atoms with Gasteiger partial charge in [0, 0.05) is 13.0 Å². The predicted octanol–water partition coefficient (Wildman–Crippen LogP) is 2.46. The highest BCUT2D eigenvalue weighted by Crippen LogP contribution is 2.58. The van der Waals surface area contributed by atoms with Crippen molar-refractivity contribution in [1.82, 2.24) is 5.32 Å². The Morgan fingerprint density at radius 2 is 1.67 bits per heavy atom. The number of hydrogen-bond acceptors (Lipinski definition) is 2. The molecule has 18 heavy (non-hydrogen) atoms. The summed E-state index contributed by atoms with van der Waals surface area (Å²) in [6.45, 7) is 0. The fourth-order valence-electron chi connectivity index (χ4n) is 2.93. The molecule has 0 spiro atoms. The molecule has 2 bridgehead atoms. The molecule has 0 aromatic carbocycles. The number of nitrogens with one attached hydrogen (secondary N) is 1. The first-order chi connectivity index (χ1) is 8.06. The SMILES string of the molecule is CO[C@H]1C[C@H]2[C@H](Cl)[C@@H]1NC2(C(F)(F)F)C(F)(F)F. The summed E-state index contributed by atoms with van der Waals surface area (Å²) in [5.74, 6) is -1.77. The van der Waals surface area contributed by atoms with Crippen molar-refractivity contribution in [1.29, 1.82) is 0 Å². The number of alkyl halides is 7. The predicted molar refractivity (Wildman–Crippen MR) is 50.3 cm³/mol. The van der Waals surface area contributed by atoms with Crippen molar-refractivity contribution in [3.63, 3.8) is 0 Å². The van der Waals surface area contributed by atoms with Crippen molar-refractivity contribution in [3.05, 3.63) is 0 Å². The standard InChI is InChI=1S/C9H10ClF6NO/c1-18-4-2-3-5(10)6(4)17-7(3,8(11,12)13)9(14,15)16/h3-6,17H,2H2,1H3/t3-,4-,5-,6+/m0/s1. The monoisotopic (exact) mass is 297 g/mol. The smallest absolute Gasteiger partial charge is 0.380 e. The summed E-state index contributed by atoms with van der Waals surface area (Å²) >= 11 is 5.70. The minimum Gasteiger partial charge on any atom is -0.380 e. The fraction of sp³-hybridized carbons (Fsp3) is 1.00. The van der Waals surface area contributed by atoms with Gasteiger partial charge >= 0.3 is 12.4 Å². The Morgan fingerprint density at radius 1 is 1.17 bits per heavy atom. The first kappa shape index (κ1) is 14.2. The van der Waals surface area contributed by atoms with E-state index in [1.165, 1.54) is 7.11 Å². The van der Waals surface area contributed by atoms with Crippen LogP contribution in [0.3, 0.4) is 0 Å². The van der Waals surface area contributed by atoms with Gasteiger partial charge in [-0.05, 0) is 6.42 Å². The van der Waals surface area contributed by atoms with E-state index in [4.69, 9.17) is 16.3 Å². The van der Waals surface area contributed by atoms with Gasteiger partial charge in [0.2, 0.25) is 5.54 Å². The van der Waals surface area contributed by atoms with Crippen LogP contribution in [0.2, 0.25) is 0 Å². The van der Waals surface area contributed by atoms with E-state index in [0.717, 1.165) is 0 Å². The van der Waals surface area contributed by atoms with Crippen molar-refractivity contribution >= 4 is 11.6 Å². The Kier molecular flexibility index (Phi) is 3.07. The number of halogens is 7. The van der Waals surface area contributed by atoms with Gasteiger partial charge in [0.15, 0.2) is 0 Å². The lowest BCUT2D eigenvalue weighted by Gasteiger charge is -2.42. The number of rotatable bonds is 1. The van der Waals surface area contributed by atoms with Crippen LogP contribution < -0.4 is 5.32 Å². The van der Waals surface area contributed by atoms with Crippen molar-refractivity contribution in [3.8, 4) is 0 Å². The summed E-state index contributed by atoms with van der Waals surface area (Å²) < 4.78 is 82.2. The van der Waals surface area contributed by atoms with Crippen LogP contribution >= 0.6 is 11.6 Å². The van der Waals surface area contributed by atoms with Crippen molar-refractivity contribution < 1.29 is 31.1 Å². The second kappa shape index (κ2) is 3.89. The molecule has 0 radical (unpaired) electrons. The molecule has 1 saturated heterocycles. The molecular formula is C9H10ClF6NO. The van der Waals surface area contributed by atoms with E-state index in [2.05, 4.69) is 0 Å². The van der Waals surface area contributed by atoms with E-state index in [9.17, 15) is 26.3 Å². The molecule has 0 amide bonds. The van der Waals surface area contributed by atoms with Gasteiger partial charge in [-0.15, -0.1) is 11.6 Å². The summed E-state index contributed by atoms with van der Waals surface area (Å²) in [6, 6.07) is -1.15. The normalized spacial score (nSPS) is 39.3. The molecule has 2 nitrogen and oxygen atoms in total. The maximum absolute atomic E-state index is 12.9. The zero-order valence-electron chi connectivity index (χ0n) is 9.07. The zero-order chi connectivity index (χ0) is 13.9. The van der Waals surface area contributed by atoms with Gasteiger partial charge in [0.25, 0.3) is 0 Å². The maximum Gasteiger partial charge on any atom is 0.415 e. The highest BCUT2D eigenvalue weighted by Gasteiger charge is 2.81. The minimum absolute atomic E-state index is 0.360. The quantitative estimate of drug-likeness (QED) is 0.593.